The Morgan fingerprint density at radius 1 is 1.23 bits per heavy atom. The number of alkyl halides is 3. The monoisotopic (exact) mass is 574 g/mol. The quantitative estimate of drug-likeness (QED) is 0.272. The first kappa shape index (κ1) is 26.3. The summed E-state index contributed by atoms with van der Waals surface area (Å²) in [6, 6.07) is 2.71. The van der Waals surface area contributed by atoms with E-state index in [1.807, 2.05) is 0 Å². The molecule has 40 heavy (non-hydrogen) atoms. The molecule has 1 amide bonds. The number of aliphatic hydroxyl groups excluding tert-OH is 2. The van der Waals surface area contributed by atoms with Crippen molar-refractivity contribution in [1.29, 1.82) is 0 Å². The smallest absolute Gasteiger partial charge is 0.389 e. The molecule has 6 rings (SSSR count). The number of fused-ring (bicyclic) bond motifs is 2. The normalized spacial score (nSPS) is 25.6. The largest absolute Gasteiger partial charge is 0.416 e. The summed E-state index contributed by atoms with van der Waals surface area (Å²) in [4.78, 5) is 34.3. The van der Waals surface area contributed by atoms with Crippen molar-refractivity contribution in [3.05, 3.63) is 59.4 Å². The van der Waals surface area contributed by atoms with Gasteiger partial charge in [-0.3, -0.25) is 14.8 Å². The van der Waals surface area contributed by atoms with E-state index < -0.39 is 35.4 Å². The Morgan fingerprint density at radius 2 is 2.02 bits per heavy atom. The summed E-state index contributed by atoms with van der Waals surface area (Å²) in [6.45, 7) is -0.108. The number of carbonyl (C=O) groups is 1. The lowest BCUT2D eigenvalue weighted by atomic mass is 9.98. The fraction of sp³-hybridized carbons (Fsp3) is 0.360. The van der Waals surface area contributed by atoms with Crippen LogP contribution in [0.25, 0.3) is 22.6 Å². The van der Waals surface area contributed by atoms with Crippen LogP contribution in [-0.2, 0) is 17.5 Å². The number of hydrogen-bond acceptors (Lipinski definition) is 9. The van der Waals surface area contributed by atoms with Crippen molar-refractivity contribution in [2.45, 2.75) is 37.4 Å². The molecule has 4 N–H and O–H groups in total. The van der Waals surface area contributed by atoms with Crippen molar-refractivity contribution < 1.29 is 28.2 Å². The van der Waals surface area contributed by atoms with E-state index in [1.54, 1.807) is 10.6 Å². The number of aliphatic hydroxyl groups is 2. The summed E-state index contributed by atoms with van der Waals surface area (Å²) in [6.07, 6.45) is -1.26. The molecule has 2 aliphatic rings. The molecule has 0 aliphatic heterocycles. The molecule has 0 saturated heterocycles. The van der Waals surface area contributed by atoms with E-state index in [0.717, 1.165) is 18.3 Å². The van der Waals surface area contributed by atoms with E-state index in [4.69, 9.17) is 11.6 Å². The van der Waals surface area contributed by atoms with Gasteiger partial charge < -0.3 is 25.4 Å². The highest BCUT2D eigenvalue weighted by Gasteiger charge is 2.75. The summed E-state index contributed by atoms with van der Waals surface area (Å²) in [7, 11) is 1.47. The van der Waals surface area contributed by atoms with Gasteiger partial charge >= 0.3 is 6.18 Å². The second-order valence-electron chi connectivity index (χ2n) is 9.86. The van der Waals surface area contributed by atoms with Gasteiger partial charge in [0.05, 0.1) is 46.7 Å². The number of nitrogens with zero attached hydrogens (tertiary/aromatic N) is 6. The fourth-order valence-corrected chi connectivity index (χ4v) is 5.81. The van der Waals surface area contributed by atoms with Crippen LogP contribution in [0.1, 0.15) is 23.7 Å². The highest BCUT2D eigenvalue weighted by molar-refractivity contribution is 6.30. The predicted octanol–water partition coefficient (Wildman–Crippen LogP) is 2.60. The molecule has 1 unspecified atom stereocenters. The Morgan fingerprint density at radius 3 is 2.75 bits per heavy atom. The van der Waals surface area contributed by atoms with Crippen LogP contribution in [0.5, 0.6) is 0 Å². The molecule has 15 heteroatoms. The lowest BCUT2D eigenvalue weighted by Crippen LogP contribution is -2.41. The van der Waals surface area contributed by atoms with Gasteiger partial charge in [-0.2, -0.15) is 13.2 Å². The number of nitrogens with one attached hydrogen (secondary N) is 2. The zero-order chi connectivity index (χ0) is 28.4. The first-order valence-electron chi connectivity index (χ1n) is 12.2. The van der Waals surface area contributed by atoms with E-state index in [0.29, 0.717) is 17.0 Å². The molecule has 2 fully saturated rings. The van der Waals surface area contributed by atoms with Crippen LogP contribution in [0.15, 0.2) is 43.1 Å². The SMILES string of the molecule is CNC(=O)[C@@]12C[C@@H]1C(n1cnc3c(NCc4cc(C(F)(F)F)ccn4)nc(-c4cncc(Cl)c4)nc31)[C@H](O)[C@@H]2O. The molecule has 4 aromatic heterocycles. The third-order valence-corrected chi connectivity index (χ3v) is 7.82. The predicted molar refractivity (Wildman–Crippen MR) is 136 cm³/mol. The Labute approximate surface area is 229 Å². The molecule has 2 aliphatic carbocycles. The van der Waals surface area contributed by atoms with E-state index in [-0.39, 0.29) is 46.9 Å². The molecular formula is C25H22ClF3N8O3. The maximum absolute atomic E-state index is 13.2. The van der Waals surface area contributed by atoms with Gasteiger partial charge in [-0.05, 0) is 24.6 Å². The lowest BCUT2D eigenvalue weighted by molar-refractivity contribution is -0.137. The van der Waals surface area contributed by atoms with Crippen molar-refractivity contribution in [3.63, 3.8) is 0 Å². The van der Waals surface area contributed by atoms with Crippen LogP contribution in [0.2, 0.25) is 5.02 Å². The zero-order valence-corrected chi connectivity index (χ0v) is 21.5. The number of anilines is 1. The Balaban J connectivity index is 1.42. The number of amides is 1. The summed E-state index contributed by atoms with van der Waals surface area (Å²) in [5.74, 6) is -0.344. The summed E-state index contributed by atoms with van der Waals surface area (Å²) < 4.78 is 41.2. The van der Waals surface area contributed by atoms with E-state index in [1.165, 1.54) is 25.8 Å². The van der Waals surface area contributed by atoms with Gasteiger partial charge in [0.15, 0.2) is 17.3 Å². The number of carbonyl (C=O) groups excluding carboxylic acids is 1. The standard InChI is InChI=1S/C25H22ClF3N8O3/c1-30-23(40)24-6-15(24)17(18(38)19(24)39)37-10-34-16-21(33-9-14-5-12(2-3-32-14)25(27,28)29)35-20(36-22(16)37)11-4-13(26)8-31-7-11/h2-5,7-8,10,15,17-19,38-39H,6,9H2,1H3,(H,30,40)(H,33,35,36)/t15-,17?,18+,19+,24+/m1/s1. The highest BCUT2D eigenvalue weighted by atomic mass is 35.5. The van der Waals surface area contributed by atoms with Gasteiger partial charge in [0.2, 0.25) is 5.91 Å². The number of aromatic nitrogens is 6. The first-order chi connectivity index (χ1) is 19.0. The maximum atomic E-state index is 13.2. The molecule has 0 radical (unpaired) electrons. The Kier molecular flexibility index (Phi) is 6.16. The van der Waals surface area contributed by atoms with Gasteiger partial charge in [0.25, 0.3) is 0 Å². The lowest BCUT2D eigenvalue weighted by Gasteiger charge is -2.23. The first-order valence-corrected chi connectivity index (χ1v) is 12.6. The maximum Gasteiger partial charge on any atom is 0.416 e. The molecule has 0 bridgehead atoms. The molecule has 11 nitrogen and oxygen atoms in total. The molecule has 2 saturated carbocycles. The minimum absolute atomic E-state index is 0.108. The van der Waals surface area contributed by atoms with Gasteiger partial charge in [-0.15, -0.1) is 0 Å². The molecule has 0 aromatic carbocycles. The number of hydrogen-bond donors (Lipinski definition) is 4. The number of halogens is 4. The minimum atomic E-state index is -4.52. The van der Waals surface area contributed by atoms with Crippen molar-refractivity contribution in [2.24, 2.45) is 11.3 Å². The minimum Gasteiger partial charge on any atom is -0.389 e. The van der Waals surface area contributed by atoms with Crippen LogP contribution in [-0.4, -0.2) is 64.9 Å². The average molecular weight is 575 g/mol. The van der Waals surface area contributed by atoms with Gasteiger partial charge in [-0.1, -0.05) is 11.6 Å². The summed E-state index contributed by atoms with van der Waals surface area (Å²) in [5.41, 5.74) is -0.820. The van der Waals surface area contributed by atoms with E-state index in [2.05, 4.69) is 35.6 Å². The molecule has 4 aromatic rings. The second kappa shape index (κ2) is 9.35. The van der Waals surface area contributed by atoms with Crippen LogP contribution in [0.4, 0.5) is 19.0 Å². The fourth-order valence-electron chi connectivity index (χ4n) is 5.63. The third-order valence-electron chi connectivity index (χ3n) is 7.61. The Hall–Kier alpha value is -3.88. The molecule has 0 spiro atoms. The van der Waals surface area contributed by atoms with Crippen molar-refractivity contribution in [1.82, 2.24) is 34.8 Å². The molecule has 5 atom stereocenters. The topological polar surface area (TPSA) is 151 Å². The number of pyridine rings is 2. The van der Waals surface area contributed by atoms with Crippen molar-refractivity contribution in [3.8, 4) is 11.4 Å². The van der Waals surface area contributed by atoms with Crippen molar-refractivity contribution >= 4 is 34.5 Å². The van der Waals surface area contributed by atoms with E-state index in [9.17, 15) is 28.2 Å². The van der Waals surface area contributed by atoms with Crippen LogP contribution >= 0.6 is 11.6 Å². The number of rotatable bonds is 6. The summed E-state index contributed by atoms with van der Waals surface area (Å²) in [5, 5.41) is 27.7. The van der Waals surface area contributed by atoms with Crippen LogP contribution in [0.3, 0.4) is 0 Å². The highest BCUT2D eigenvalue weighted by Crippen LogP contribution is 2.67. The average Bonchev–Trinajstić information content (AvgIpc) is 3.47. The van der Waals surface area contributed by atoms with Gasteiger partial charge in [0.1, 0.15) is 11.6 Å². The second-order valence-corrected chi connectivity index (χ2v) is 10.3. The summed E-state index contributed by atoms with van der Waals surface area (Å²) >= 11 is 6.13. The van der Waals surface area contributed by atoms with Gasteiger partial charge in [-0.25, -0.2) is 15.0 Å². The van der Waals surface area contributed by atoms with Crippen LogP contribution in [0, 0.1) is 11.3 Å². The van der Waals surface area contributed by atoms with Crippen LogP contribution < -0.4 is 10.6 Å². The molecule has 4 heterocycles. The van der Waals surface area contributed by atoms with Crippen molar-refractivity contribution in [2.75, 3.05) is 12.4 Å². The Bertz CT molecular complexity index is 1630. The molecule has 208 valence electrons. The number of imidazole rings is 1. The third kappa shape index (κ3) is 4.14. The molecular weight excluding hydrogens is 553 g/mol. The zero-order valence-electron chi connectivity index (χ0n) is 20.8. The van der Waals surface area contributed by atoms with Gasteiger partial charge in [0, 0.05) is 37.1 Å². The van der Waals surface area contributed by atoms with E-state index >= 15 is 0 Å².